The zero-order valence-electron chi connectivity index (χ0n) is 12.4. The first-order chi connectivity index (χ1) is 11.1. The van der Waals surface area contributed by atoms with Crippen molar-refractivity contribution in [1.29, 1.82) is 0 Å². The van der Waals surface area contributed by atoms with E-state index in [-0.39, 0.29) is 5.69 Å². The molecule has 2 unspecified atom stereocenters. The summed E-state index contributed by atoms with van der Waals surface area (Å²) in [4.78, 5) is 28.9. The fourth-order valence-corrected chi connectivity index (χ4v) is 1.62. The largest absolute Gasteiger partial charge is 0.481 e. The molecule has 0 radical (unpaired) electrons. The Morgan fingerprint density at radius 3 is 2.08 bits per heavy atom. The molecular formula is C13H16Cl2N2O7. The van der Waals surface area contributed by atoms with Crippen LogP contribution in [0.3, 0.4) is 0 Å². The number of aliphatic hydroxyl groups excluding tert-OH is 2. The van der Waals surface area contributed by atoms with E-state index in [9.17, 15) is 20.0 Å². The Morgan fingerprint density at radius 2 is 1.75 bits per heavy atom. The summed E-state index contributed by atoms with van der Waals surface area (Å²) < 4.78 is 0. The van der Waals surface area contributed by atoms with Crippen molar-refractivity contribution in [3.63, 3.8) is 0 Å². The lowest BCUT2D eigenvalue weighted by Crippen LogP contribution is -2.44. The fourth-order valence-electron chi connectivity index (χ4n) is 1.50. The number of carboxylic acid groups (broad SMARTS) is 1. The zero-order chi connectivity index (χ0) is 18.9. The number of benzene rings is 1. The molecule has 0 aliphatic rings. The molecule has 0 saturated carbocycles. The van der Waals surface area contributed by atoms with Crippen molar-refractivity contribution < 1.29 is 29.8 Å². The number of alkyl halides is 2. The van der Waals surface area contributed by atoms with Gasteiger partial charge in [-0.1, -0.05) is 23.2 Å². The lowest BCUT2D eigenvalue weighted by atomic mass is 10.0. The number of non-ortho nitro benzene ring substituents is 1. The van der Waals surface area contributed by atoms with E-state index in [4.69, 9.17) is 38.2 Å². The molecule has 9 nitrogen and oxygen atoms in total. The van der Waals surface area contributed by atoms with Gasteiger partial charge in [0.25, 0.3) is 17.6 Å². The van der Waals surface area contributed by atoms with Gasteiger partial charge in [0.1, 0.15) is 6.10 Å². The van der Waals surface area contributed by atoms with Gasteiger partial charge in [0, 0.05) is 19.1 Å². The number of aliphatic carboxylic acids is 1. The second-order valence-corrected chi connectivity index (χ2v) is 5.51. The molecule has 0 spiro atoms. The van der Waals surface area contributed by atoms with E-state index in [0.29, 0.717) is 5.56 Å². The van der Waals surface area contributed by atoms with Gasteiger partial charge in [0.15, 0.2) is 4.84 Å². The van der Waals surface area contributed by atoms with Crippen LogP contribution in [0.2, 0.25) is 0 Å². The summed E-state index contributed by atoms with van der Waals surface area (Å²) in [5.74, 6) is -1.59. The summed E-state index contributed by atoms with van der Waals surface area (Å²) >= 11 is 10.7. The summed E-state index contributed by atoms with van der Waals surface area (Å²) in [7, 11) is 0. The third-order valence-corrected chi connectivity index (χ3v) is 2.95. The Morgan fingerprint density at radius 1 is 1.29 bits per heavy atom. The minimum atomic E-state index is -1.33. The standard InChI is InChI=1S/C11H12Cl2N2O5.C2H4O2/c12-10(13)11(18)14-8(5-16)9(17)6-1-3-7(4-2-6)15(19)20;1-2(3)4/h1-4,8-10,16-17H,5H2,(H,14,18);1H3,(H,3,4). The maximum absolute atomic E-state index is 11.3. The molecule has 0 aliphatic carbocycles. The average Bonchev–Trinajstić information content (AvgIpc) is 2.51. The van der Waals surface area contributed by atoms with Gasteiger partial charge in [-0.05, 0) is 17.7 Å². The Balaban J connectivity index is 0.00000118. The van der Waals surface area contributed by atoms with Crippen LogP contribution in [0.25, 0.3) is 0 Å². The Labute approximate surface area is 147 Å². The number of amides is 1. The van der Waals surface area contributed by atoms with Gasteiger partial charge in [0.2, 0.25) is 0 Å². The van der Waals surface area contributed by atoms with Crippen LogP contribution in [0, 0.1) is 10.1 Å². The average molecular weight is 383 g/mol. The number of nitro benzene ring substituents is 1. The predicted octanol–water partition coefficient (Wildman–Crippen LogP) is 1.000. The van der Waals surface area contributed by atoms with Crippen molar-refractivity contribution in [1.82, 2.24) is 5.32 Å². The van der Waals surface area contributed by atoms with E-state index in [1.54, 1.807) is 0 Å². The van der Waals surface area contributed by atoms with E-state index < -0.39 is 40.4 Å². The SMILES string of the molecule is CC(=O)O.O=C(NC(CO)C(O)c1ccc([N+](=O)[O-])cc1)C(Cl)Cl. The molecule has 0 fully saturated rings. The van der Waals surface area contributed by atoms with Crippen LogP contribution in [-0.2, 0) is 9.59 Å². The van der Waals surface area contributed by atoms with Gasteiger partial charge >= 0.3 is 0 Å². The zero-order valence-corrected chi connectivity index (χ0v) is 13.9. The van der Waals surface area contributed by atoms with Gasteiger partial charge in [-0.3, -0.25) is 19.7 Å². The second-order valence-electron chi connectivity index (χ2n) is 4.41. The maximum Gasteiger partial charge on any atom is 0.300 e. The van der Waals surface area contributed by atoms with E-state index in [1.807, 2.05) is 0 Å². The monoisotopic (exact) mass is 382 g/mol. The van der Waals surface area contributed by atoms with Crippen LogP contribution in [0.5, 0.6) is 0 Å². The first-order valence-electron chi connectivity index (χ1n) is 6.41. The Bertz CT molecular complexity index is 562. The highest BCUT2D eigenvalue weighted by atomic mass is 35.5. The van der Waals surface area contributed by atoms with Crippen molar-refractivity contribution in [2.75, 3.05) is 6.61 Å². The Kier molecular flexibility index (Phi) is 9.89. The summed E-state index contributed by atoms with van der Waals surface area (Å²) in [6.07, 6.45) is -1.25. The molecule has 0 bridgehead atoms. The Hall–Kier alpha value is -1.94. The summed E-state index contributed by atoms with van der Waals surface area (Å²) in [5, 5.41) is 39.4. The third kappa shape index (κ3) is 8.06. The van der Waals surface area contributed by atoms with Gasteiger partial charge < -0.3 is 20.6 Å². The number of hydrogen-bond donors (Lipinski definition) is 4. The minimum absolute atomic E-state index is 0.132. The topological polar surface area (TPSA) is 150 Å². The van der Waals surface area contributed by atoms with Gasteiger partial charge in [-0.25, -0.2) is 0 Å². The number of nitro groups is 1. The van der Waals surface area contributed by atoms with Crippen LogP contribution in [0.1, 0.15) is 18.6 Å². The molecule has 1 amide bonds. The highest BCUT2D eigenvalue weighted by molar-refractivity contribution is 6.53. The molecule has 1 aromatic carbocycles. The number of halogens is 2. The molecule has 0 aliphatic heterocycles. The van der Waals surface area contributed by atoms with Crippen molar-refractivity contribution in [2.45, 2.75) is 23.9 Å². The highest BCUT2D eigenvalue weighted by Gasteiger charge is 2.24. The molecule has 1 aromatic rings. The number of hydrogen-bond acceptors (Lipinski definition) is 6. The third-order valence-electron chi connectivity index (χ3n) is 2.55. The van der Waals surface area contributed by atoms with Crippen LogP contribution in [0.4, 0.5) is 5.69 Å². The number of rotatable bonds is 6. The predicted molar refractivity (Wildman–Crippen MR) is 85.9 cm³/mol. The first kappa shape index (κ1) is 22.1. The number of carbonyl (C=O) groups excluding carboxylic acids is 1. The van der Waals surface area contributed by atoms with Crippen molar-refractivity contribution in [2.24, 2.45) is 0 Å². The molecule has 11 heteroatoms. The summed E-state index contributed by atoms with van der Waals surface area (Å²) in [5.41, 5.74) is 0.169. The molecular weight excluding hydrogens is 367 g/mol. The van der Waals surface area contributed by atoms with Gasteiger partial charge in [-0.15, -0.1) is 0 Å². The highest BCUT2D eigenvalue weighted by Crippen LogP contribution is 2.20. The molecule has 0 heterocycles. The fraction of sp³-hybridized carbons (Fsp3) is 0.385. The lowest BCUT2D eigenvalue weighted by molar-refractivity contribution is -0.384. The molecule has 1 rings (SSSR count). The van der Waals surface area contributed by atoms with Crippen LogP contribution in [-0.4, -0.2) is 49.6 Å². The van der Waals surface area contributed by atoms with Crippen LogP contribution >= 0.6 is 23.2 Å². The van der Waals surface area contributed by atoms with E-state index in [0.717, 1.165) is 6.92 Å². The molecule has 2 atom stereocenters. The quantitative estimate of drug-likeness (QED) is 0.325. The first-order valence-corrected chi connectivity index (χ1v) is 7.28. The molecule has 134 valence electrons. The van der Waals surface area contributed by atoms with Gasteiger partial charge in [-0.2, -0.15) is 0 Å². The van der Waals surface area contributed by atoms with Crippen molar-refractivity contribution in [3.05, 3.63) is 39.9 Å². The van der Waals surface area contributed by atoms with Crippen molar-refractivity contribution >= 4 is 40.8 Å². The molecule has 0 saturated heterocycles. The van der Waals surface area contributed by atoms with E-state index >= 15 is 0 Å². The van der Waals surface area contributed by atoms with Crippen LogP contribution in [0.15, 0.2) is 24.3 Å². The van der Waals surface area contributed by atoms with Crippen molar-refractivity contribution in [3.8, 4) is 0 Å². The van der Waals surface area contributed by atoms with Gasteiger partial charge in [0.05, 0.1) is 17.6 Å². The molecule has 4 N–H and O–H groups in total. The van der Waals surface area contributed by atoms with Crippen LogP contribution < -0.4 is 5.32 Å². The number of carbonyl (C=O) groups is 2. The lowest BCUT2D eigenvalue weighted by Gasteiger charge is -2.22. The number of carboxylic acids is 1. The summed E-state index contributed by atoms with van der Waals surface area (Å²) in [6, 6.07) is 4.05. The number of nitrogens with one attached hydrogen (secondary N) is 1. The second kappa shape index (κ2) is 10.8. The van der Waals surface area contributed by atoms with E-state index in [2.05, 4.69) is 5.32 Å². The smallest absolute Gasteiger partial charge is 0.300 e. The number of aliphatic hydroxyl groups is 2. The molecule has 0 aromatic heterocycles. The van der Waals surface area contributed by atoms with E-state index in [1.165, 1.54) is 24.3 Å². The number of nitrogens with zero attached hydrogens (tertiary/aromatic N) is 1. The minimum Gasteiger partial charge on any atom is -0.481 e. The molecule has 24 heavy (non-hydrogen) atoms. The maximum atomic E-state index is 11.3. The normalized spacial score (nSPS) is 12.6. The summed E-state index contributed by atoms with van der Waals surface area (Å²) in [6.45, 7) is 0.532.